The zero-order valence-electron chi connectivity index (χ0n) is 14.5. The lowest BCUT2D eigenvalue weighted by molar-refractivity contribution is -0.125. The predicted octanol–water partition coefficient (Wildman–Crippen LogP) is 4.02. The van der Waals surface area contributed by atoms with Gasteiger partial charge in [-0.3, -0.25) is 10.2 Å². The quantitative estimate of drug-likeness (QED) is 0.817. The topological polar surface area (TPSA) is 50.4 Å². The van der Waals surface area contributed by atoms with Crippen molar-refractivity contribution in [2.24, 2.45) is 5.41 Å². The van der Waals surface area contributed by atoms with Crippen LogP contribution in [0.15, 0.2) is 42.1 Å². The fourth-order valence-electron chi connectivity index (χ4n) is 2.77. The molecule has 1 aliphatic heterocycles. The van der Waals surface area contributed by atoms with Crippen molar-refractivity contribution in [2.75, 3.05) is 6.61 Å². The van der Waals surface area contributed by atoms with Gasteiger partial charge in [-0.2, -0.15) is 0 Å². The molecule has 0 spiro atoms. The highest BCUT2D eigenvalue weighted by molar-refractivity contribution is 5.94. The average molecular weight is 324 g/mol. The Labute approximate surface area is 142 Å². The summed E-state index contributed by atoms with van der Waals surface area (Å²) < 4.78 is 5.79. The summed E-state index contributed by atoms with van der Waals surface area (Å²) in [5.41, 5.74) is 7.09. The molecule has 4 heteroatoms. The zero-order chi connectivity index (χ0) is 17.2. The summed E-state index contributed by atoms with van der Waals surface area (Å²) in [6.07, 6.45) is 4.23. The van der Waals surface area contributed by atoms with Crippen molar-refractivity contribution in [2.45, 2.75) is 33.6 Å². The van der Waals surface area contributed by atoms with Gasteiger partial charge in [-0.15, -0.1) is 0 Å². The standard InChI is InChI=1S/C20H24N2O2/c1-4-5-11-24-16-9-10-17-14(12-16)7-6-8-15(17)13-18-20(2,3)19(23)22-21-18/h6-10,12-13,21H,4-5,11H2,1-3H3,(H,22,23)/b18-13-. The third kappa shape index (κ3) is 3.09. The molecule has 2 aromatic rings. The van der Waals surface area contributed by atoms with Crippen LogP contribution in [-0.4, -0.2) is 12.5 Å². The summed E-state index contributed by atoms with van der Waals surface area (Å²) in [7, 11) is 0. The van der Waals surface area contributed by atoms with E-state index in [4.69, 9.17) is 4.74 Å². The number of hydrogen-bond acceptors (Lipinski definition) is 3. The van der Waals surface area contributed by atoms with Gasteiger partial charge in [0.05, 0.1) is 12.0 Å². The molecule has 0 radical (unpaired) electrons. The fourth-order valence-corrected chi connectivity index (χ4v) is 2.77. The predicted molar refractivity (Wildman–Crippen MR) is 97.4 cm³/mol. The van der Waals surface area contributed by atoms with Crippen LogP contribution in [-0.2, 0) is 4.79 Å². The van der Waals surface area contributed by atoms with E-state index in [0.717, 1.165) is 47.2 Å². The number of amides is 1. The number of fused-ring (bicyclic) bond motifs is 1. The van der Waals surface area contributed by atoms with Crippen molar-refractivity contribution < 1.29 is 9.53 Å². The molecule has 0 aromatic heterocycles. The van der Waals surface area contributed by atoms with Crippen molar-refractivity contribution in [1.29, 1.82) is 0 Å². The Kier molecular flexibility index (Phi) is 4.47. The first-order chi connectivity index (χ1) is 11.5. The maximum Gasteiger partial charge on any atom is 0.249 e. The van der Waals surface area contributed by atoms with Crippen LogP contribution in [0.3, 0.4) is 0 Å². The van der Waals surface area contributed by atoms with Gasteiger partial charge in [0.15, 0.2) is 0 Å². The molecule has 0 aliphatic carbocycles. The van der Waals surface area contributed by atoms with Crippen LogP contribution in [0, 0.1) is 5.41 Å². The third-order valence-corrected chi connectivity index (χ3v) is 4.50. The summed E-state index contributed by atoms with van der Waals surface area (Å²) in [4.78, 5) is 11.9. The molecule has 126 valence electrons. The van der Waals surface area contributed by atoms with Crippen LogP contribution in [0.25, 0.3) is 16.8 Å². The van der Waals surface area contributed by atoms with Crippen LogP contribution in [0.2, 0.25) is 0 Å². The molecule has 1 heterocycles. The molecule has 2 aromatic carbocycles. The molecule has 0 atom stereocenters. The summed E-state index contributed by atoms with van der Waals surface area (Å²) >= 11 is 0. The van der Waals surface area contributed by atoms with Gasteiger partial charge < -0.3 is 10.2 Å². The van der Waals surface area contributed by atoms with E-state index in [2.05, 4.69) is 42.0 Å². The van der Waals surface area contributed by atoms with E-state index in [1.807, 2.05) is 32.1 Å². The first-order valence-electron chi connectivity index (χ1n) is 8.46. The van der Waals surface area contributed by atoms with Gasteiger partial charge in [0.25, 0.3) is 0 Å². The molecular weight excluding hydrogens is 300 g/mol. The van der Waals surface area contributed by atoms with Crippen LogP contribution >= 0.6 is 0 Å². The molecular formula is C20H24N2O2. The summed E-state index contributed by atoms with van der Waals surface area (Å²) in [5.74, 6) is 0.887. The Morgan fingerprint density at radius 3 is 2.71 bits per heavy atom. The number of benzene rings is 2. The third-order valence-electron chi connectivity index (χ3n) is 4.50. The van der Waals surface area contributed by atoms with E-state index < -0.39 is 5.41 Å². The lowest BCUT2D eigenvalue weighted by Crippen LogP contribution is -2.28. The number of hydrazine groups is 1. The fraction of sp³-hybridized carbons (Fsp3) is 0.350. The van der Waals surface area contributed by atoms with Crippen LogP contribution in [0.4, 0.5) is 0 Å². The minimum atomic E-state index is -0.550. The van der Waals surface area contributed by atoms with Gasteiger partial charge in [-0.05, 0) is 54.8 Å². The molecule has 1 aliphatic rings. The molecule has 0 bridgehead atoms. The first-order valence-corrected chi connectivity index (χ1v) is 8.46. The number of ether oxygens (including phenoxy) is 1. The van der Waals surface area contributed by atoms with Crippen molar-refractivity contribution in [3.63, 3.8) is 0 Å². The van der Waals surface area contributed by atoms with Gasteiger partial charge in [-0.25, -0.2) is 0 Å². The smallest absolute Gasteiger partial charge is 0.249 e. The van der Waals surface area contributed by atoms with Crippen LogP contribution in [0.1, 0.15) is 39.2 Å². The maximum atomic E-state index is 11.9. The SMILES string of the molecule is CCCCOc1ccc2c(/C=C3\NNC(=O)C3(C)C)cccc2c1. The minimum absolute atomic E-state index is 0.0133. The first kappa shape index (κ1) is 16.4. The number of unbranched alkanes of at least 4 members (excludes halogenated alkanes) is 1. The number of hydrogen-bond donors (Lipinski definition) is 2. The largest absolute Gasteiger partial charge is 0.494 e. The number of carbonyl (C=O) groups is 1. The molecule has 1 saturated heterocycles. The number of rotatable bonds is 5. The Morgan fingerprint density at radius 2 is 2.00 bits per heavy atom. The van der Waals surface area contributed by atoms with Gasteiger partial charge in [0.2, 0.25) is 5.91 Å². The van der Waals surface area contributed by atoms with Crippen molar-refractivity contribution in [3.8, 4) is 5.75 Å². The lowest BCUT2D eigenvalue weighted by Gasteiger charge is -2.15. The second kappa shape index (κ2) is 6.56. The summed E-state index contributed by atoms with van der Waals surface area (Å²) in [6.45, 7) is 6.73. The van der Waals surface area contributed by atoms with Crippen molar-refractivity contribution in [1.82, 2.24) is 10.9 Å². The molecule has 3 rings (SSSR count). The highest BCUT2D eigenvalue weighted by Gasteiger charge is 2.37. The maximum absolute atomic E-state index is 11.9. The van der Waals surface area contributed by atoms with E-state index in [0.29, 0.717) is 0 Å². The Morgan fingerprint density at radius 1 is 1.17 bits per heavy atom. The number of nitrogens with one attached hydrogen (secondary N) is 2. The number of carbonyl (C=O) groups excluding carboxylic acids is 1. The van der Waals surface area contributed by atoms with E-state index in [9.17, 15) is 4.79 Å². The zero-order valence-corrected chi connectivity index (χ0v) is 14.5. The van der Waals surface area contributed by atoms with Crippen molar-refractivity contribution in [3.05, 3.63) is 47.7 Å². The van der Waals surface area contributed by atoms with Gasteiger partial charge in [-0.1, -0.05) is 37.6 Å². The van der Waals surface area contributed by atoms with Crippen molar-refractivity contribution >= 4 is 22.8 Å². The van der Waals surface area contributed by atoms with Crippen LogP contribution in [0.5, 0.6) is 5.75 Å². The molecule has 4 nitrogen and oxygen atoms in total. The van der Waals surface area contributed by atoms with E-state index in [-0.39, 0.29) is 5.91 Å². The van der Waals surface area contributed by atoms with Gasteiger partial charge >= 0.3 is 0 Å². The highest BCUT2D eigenvalue weighted by Crippen LogP contribution is 2.32. The Hall–Kier alpha value is -2.49. The van der Waals surface area contributed by atoms with E-state index in [1.54, 1.807) is 0 Å². The summed E-state index contributed by atoms with van der Waals surface area (Å²) in [6, 6.07) is 12.3. The second-order valence-corrected chi connectivity index (χ2v) is 6.69. The molecule has 2 N–H and O–H groups in total. The highest BCUT2D eigenvalue weighted by atomic mass is 16.5. The summed E-state index contributed by atoms with van der Waals surface area (Å²) in [5, 5.41) is 2.28. The second-order valence-electron chi connectivity index (χ2n) is 6.69. The van der Waals surface area contributed by atoms with Gasteiger partial charge in [0, 0.05) is 5.70 Å². The molecule has 1 amide bonds. The lowest BCUT2D eigenvalue weighted by atomic mass is 9.88. The molecule has 0 unspecified atom stereocenters. The van der Waals surface area contributed by atoms with E-state index in [1.165, 1.54) is 0 Å². The monoisotopic (exact) mass is 324 g/mol. The average Bonchev–Trinajstić information content (AvgIpc) is 2.82. The van der Waals surface area contributed by atoms with Gasteiger partial charge in [0.1, 0.15) is 5.75 Å². The normalized spacial score (nSPS) is 17.8. The Balaban J connectivity index is 1.94. The van der Waals surface area contributed by atoms with E-state index >= 15 is 0 Å². The molecule has 1 fully saturated rings. The molecule has 0 saturated carbocycles. The minimum Gasteiger partial charge on any atom is -0.494 e. The Bertz CT molecular complexity index is 793. The molecule has 24 heavy (non-hydrogen) atoms. The van der Waals surface area contributed by atoms with Crippen LogP contribution < -0.4 is 15.6 Å².